The minimum Gasteiger partial charge on any atom is -0.494 e. The van der Waals surface area contributed by atoms with Crippen molar-refractivity contribution in [2.45, 2.75) is 12.2 Å². The number of halogens is 3. The van der Waals surface area contributed by atoms with E-state index in [1.54, 1.807) is 36.4 Å². The van der Waals surface area contributed by atoms with Gasteiger partial charge in [0.25, 0.3) is 0 Å². The molecule has 4 aromatic rings. The van der Waals surface area contributed by atoms with Crippen LogP contribution in [0.25, 0.3) is 10.9 Å². The molecule has 1 atom stereocenters. The van der Waals surface area contributed by atoms with Gasteiger partial charge in [0.2, 0.25) is 0 Å². The van der Waals surface area contributed by atoms with Crippen LogP contribution < -0.4 is 15.4 Å². The molecule has 2 N–H and O–H groups in total. The second kappa shape index (κ2) is 9.11. The van der Waals surface area contributed by atoms with Gasteiger partial charge in [0, 0.05) is 24.0 Å². The van der Waals surface area contributed by atoms with Crippen molar-refractivity contribution >= 4 is 22.6 Å². The van der Waals surface area contributed by atoms with E-state index in [-0.39, 0.29) is 5.69 Å². The molecule has 0 unspecified atom stereocenters. The van der Waals surface area contributed by atoms with Gasteiger partial charge in [-0.15, -0.1) is 0 Å². The Morgan fingerprint density at radius 3 is 2.58 bits per heavy atom. The quantitative estimate of drug-likeness (QED) is 0.446. The molecule has 3 heterocycles. The molecule has 0 fully saturated rings. The highest BCUT2D eigenvalue weighted by Crippen LogP contribution is 2.36. The molecule has 0 bridgehead atoms. The van der Waals surface area contributed by atoms with Crippen molar-refractivity contribution in [2.24, 2.45) is 0 Å². The normalized spacial score (nSPS) is 12.2. The largest absolute Gasteiger partial charge is 0.494 e. The third-order valence-corrected chi connectivity index (χ3v) is 4.86. The fourth-order valence-corrected chi connectivity index (χ4v) is 3.40. The van der Waals surface area contributed by atoms with Crippen LogP contribution in [0, 0.1) is 0 Å². The number of hydrogen-bond donors (Lipinski definition) is 2. The Hall–Kier alpha value is -4.21. The third kappa shape index (κ3) is 4.84. The molecule has 2 amide bonds. The van der Waals surface area contributed by atoms with Gasteiger partial charge in [-0.2, -0.15) is 13.2 Å². The minimum atomic E-state index is -4.67. The lowest BCUT2D eigenvalue weighted by Crippen LogP contribution is -2.35. The van der Waals surface area contributed by atoms with Gasteiger partial charge in [0.05, 0.1) is 30.3 Å². The number of para-hydroxylation sites is 1. The van der Waals surface area contributed by atoms with Crippen molar-refractivity contribution in [3.63, 3.8) is 0 Å². The standard InChI is InChI=1S/C23H18F3N5O2/c1-33-18-8-2-5-14-11-15(12-29-19(14)18)20(21-17(23(24,25)26)7-4-10-28-21)31-22(32)30-16-6-3-9-27-13-16/h2-13,20H,1H3,(H2,30,31,32)/t20-/m0/s1. The molecule has 0 spiro atoms. The average molecular weight is 453 g/mol. The number of carbonyl (C=O) groups excluding carboxylic acids is 1. The zero-order chi connectivity index (χ0) is 23.4. The molecule has 33 heavy (non-hydrogen) atoms. The molecule has 0 saturated carbocycles. The maximum absolute atomic E-state index is 13.8. The first-order valence-electron chi connectivity index (χ1n) is 9.79. The first-order chi connectivity index (χ1) is 15.9. The van der Waals surface area contributed by atoms with Gasteiger partial charge >= 0.3 is 12.2 Å². The van der Waals surface area contributed by atoms with E-state index in [1.807, 2.05) is 0 Å². The maximum atomic E-state index is 13.8. The van der Waals surface area contributed by atoms with Gasteiger partial charge < -0.3 is 15.4 Å². The fourth-order valence-electron chi connectivity index (χ4n) is 3.40. The molecule has 0 radical (unpaired) electrons. The zero-order valence-corrected chi connectivity index (χ0v) is 17.3. The predicted molar refractivity (Wildman–Crippen MR) is 116 cm³/mol. The lowest BCUT2D eigenvalue weighted by atomic mass is 9.99. The molecule has 0 aliphatic rings. The van der Waals surface area contributed by atoms with Crippen molar-refractivity contribution < 1.29 is 22.7 Å². The number of urea groups is 1. The summed E-state index contributed by atoms with van der Waals surface area (Å²) in [6.45, 7) is 0. The Kier molecular flexibility index (Phi) is 6.07. The number of nitrogens with zero attached hydrogens (tertiary/aromatic N) is 3. The SMILES string of the molecule is COc1cccc2cc([C@H](NC(=O)Nc3cccnc3)c3ncccc3C(F)(F)F)cnc12. The monoisotopic (exact) mass is 453 g/mol. The first kappa shape index (κ1) is 22.0. The number of pyridine rings is 3. The van der Waals surface area contributed by atoms with Crippen LogP contribution in [0.15, 0.2) is 73.3 Å². The van der Waals surface area contributed by atoms with Crippen LogP contribution in [-0.4, -0.2) is 28.1 Å². The lowest BCUT2D eigenvalue weighted by molar-refractivity contribution is -0.138. The molecular formula is C23H18F3N5O2. The Bertz CT molecular complexity index is 1280. The van der Waals surface area contributed by atoms with Gasteiger partial charge in [-0.3, -0.25) is 15.0 Å². The smallest absolute Gasteiger partial charge is 0.418 e. The molecule has 10 heteroatoms. The Morgan fingerprint density at radius 2 is 1.85 bits per heavy atom. The summed E-state index contributed by atoms with van der Waals surface area (Å²) in [5, 5.41) is 5.79. The Morgan fingerprint density at radius 1 is 1.03 bits per heavy atom. The summed E-state index contributed by atoms with van der Waals surface area (Å²) in [6, 6.07) is 10.3. The van der Waals surface area contributed by atoms with Crippen LogP contribution in [0.3, 0.4) is 0 Å². The topological polar surface area (TPSA) is 89.0 Å². The van der Waals surface area contributed by atoms with Crippen molar-refractivity contribution in [1.29, 1.82) is 0 Å². The number of amides is 2. The average Bonchev–Trinajstić information content (AvgIpc) is 2.82. The highest BCUT2D eigenvalue weighted by Gasteiger charge is 2.37. The number of methoxy groups -OCH3 is 1. The summed E-state index contributed by atoms with van der Waals surface area (Å²) in [6.07, 6.45) is 0.923. The summed E-state index contributed by atoms with van der Waals surface area (Å²) < 4.78 is 46.6. The van der Waals surface area contributed by atoms with E-state index < -0.39 is 23.8 Å². The van der Waals surface area contributed by atoms with E-state index in [1.165, 1.54) is 38.0 Å². The van der Waals surface area contributed by atoms with Crippen molar-refractivity contribution in [1.82, 2.24) is 20.3 Å². The van der Waals surface area contributed by atoms with Crippen molar-refractivity contribution in [2.75, 3.05) is 12.4 Å². The predicted octanol–water partition coefficient (Wildman–Crippen LogP) is 4.96. The second-order valence-electron chi connectivity index (χ2n) is 7.01. The van der Waals surface area contributed by atoms with Gasteiger partial charge in [-0.05, 0) is 42.0 Å². The highest BCUT2D eigenvalue weighted by molar-refractivity contribution is 5.90. The van der Waals surface area contributed by atoms with Gasteiger partial charge in [0.1, 0.15) is 17.3 Å². The Balaban J connectivity index is 1.78. The van der Waals surface area contributed by atoms with E-state index in [0.29, 0.717) is 27.9 Å². The number of anilines is 1. The molecule has 0 aliphatic carbocycles. The zero-order valence-electron chi connectivity index (χ0n) is 17.3. The number of carbonyl (C=O) groups is 1. The van der Waals surface area contributed by atoms with E-state index in [2.05, 4.69) is 25.6 Å². The van der Waals surface area contributed by atoms with Crippen LogP contribution in [0.2, 0.25) is 0 Å². The third-order valence-electron chi connectivity index (χ3n) is 4.86. The Labute approximate surface area is 186 Å². The number of aromatic nitrogens is 3. The van der Waals surface area contributed by atoms with Crippen LogP contribution in [-0.2, 0) is 6.18 Å². The molecule has 4 rings (SSSR count). The second-order valence-corrected chi connectivity index (χ2v) is 7.01. The maximum Gasteiger partial charge on any atom is 0.418 e. The molecule has 168 valence electrons. The summed E-state index contributed by atoms with van der Waals surface area (Å²) in [4.78, 5) is 24.9. The molecule has 7 nitrogen and oxygen atoms in total. The van der Waals surface area contributed by atoms with Crippen LogP contribution in [0.5, 0.6) is 5.75 Å². The lowest BCUT2D eigenvalue weighted by Gasteiger charge is -2.22. The molecule has 3 aromatic heterocycles. The summed E-state index contributed by atoms with van der Waals surface area (Å²) in [5.74, 6) is 0.520. The summed E-state index contributed by atoms with van der Waals surface area (Å²) in [5.41, 5.74) is -0.0642. The molecule has 1 aromatic carbocycles. The van der Waals surface area contributed by atoms with Gasteiger partial charge in [-0.1, -0.05) is 12.1 Å². The van der Waals surface area contributed by atoms with Gasteiger partial charge in [-0.25, -0.2) is 4.79 Å². The van der Waals surface area contributed by atoms with Crippen molar-refractivity contribution in [3.8, 4) is 5.75 Å². The van der Waals surface area contributed by atoms with E-state index in [0.717, 1.165) is 6.07 Å². The minimum absolute atomic E-state index is 0.321. The summed E-state index contributed by atoms with van der Waals surface area (Å²) in [7, 11) is 1.50. The highest BCUT2D eigenvalue weighted by atomic mass is 19.4. The van der Waals surface area contributed by atoms with E-state index in [4.69, 9.17) is 4.74 Å². The number of hydrogen-bond acceptors (Lipinski definition) is 5. The number of ether oxygens (including phenoxy) is 1. The number of nitrogens with one attached hydrogen (secondary N) is 2. The van der Waals surface area contributed by atoms with E-state index >= 15 is 0 Å². The van der Waals surface area contributed by atoms with Crippen LogP contribution in [0.1, 0.15) is 22.9 Å². The molecule has 0 saturated heterocycles. The van der Waals surface area contributed by atoms with Crippen LogP contribution >= 0.6 is 0 Å². The number of rotatable bonds is 5. The van der Waals surface area contributed by atoms with Crippen LogP contribution in [0.4, 0.5) is 23.7 Å². The molecule has 0 aliphatic heterocycles. The number of fused-ring (bicyclic) bond motifs is 1. The first-order valence-corrected chi connectivity index (χ1v) is 9.79. The van der Waals surface area contributed by atoms with E-state index in [9.17, 15) is 18.0 Å². The summed E-state index contributed by atoms with van der Waals surface area (Å²) >= 11 is 0. The van der Waals surface area contributed by atoms with Gasteiger partial charge in [0.15, 0.2) is 0 Å². The number of alkyl halides is 3. The van der Waals surface area contributed by atoms with Crippen molar-refractivity contribution in [3.05, 3.63) is 90.1 Å². The number of benzene rings is 1. The molecular weight excluding hydrogens is 435 g/mol. The fraction of sp³-hybridized carbons (Fsp3) is 0.130.